The number of amides is 1. The molecule has 1 atom stereocenters. The van der Waals surface area contributed by atoms with E-state index in [-0.39, 0.29) is 23.5 Å². The number of para-hydroxylation sites is 1. The number of carbonyl (C=O) groups is 3. The van der Waals surface area contributed by atoms with Gasteiger partial charge in [-0.1, -0.05) is 24.1 Å². The van der Waals surface area contributed by atoms with Crippen molar-refractivity contribution in [2.75, 3.05) is 25.7 Å². The molecule has 0 aliphatic carbocycles. The normalized spacial score (nSPS) is 19.7. The standard InChI is InChI=1S/C21H17N3O6/c1-4-9-24-14-8-6-5-7-12(14)21(20(24)27)13(11-22)18(23)30-15(10-16(25)28-2)17(21)19(26)29-3/h1,5-8H,9-10,23H2,2-3H3/t21-/m0/s1. The Hall–Kier alpha value is -4.24. The van der Waals surface area contributed by atoms with E-state index in [9.17, 15) is 19.6 Å². The van der Waals surface area contributed by atoms with Crippen molar-refractivity contribution in [3.63, 3.8) is 0 Å². The predicted octanol–water partition coefficient (Wildman–Crippen LogP) is 0.618. The van der Waals surface area contributed by atoms with Gasteiger partial charge in [-0.2, -0.15) is 5.26 Å². The second-order valence-corrected chi connectivity index (χ2v) is 6.36. The second-order valence-electron chi connectivity index (χ2n) is 6.36. The van der Waals surface area contributed by atoms with Crippen molar-refractivity contribution >= 4 is 23.5 Å². The minimum absolute atomic E-state index is 0.113. The zero-order valence-electron chi connectivity index (χ0n) is 16.2. The molecule has 0 radical (unpaired) electrons. The van der Waals surface area contributed by atoms with Gasteiger partial charge in [0.05, 0.1) is 20.8 Å². The summed E-state index contributed by atoms with van der Waals surface area (Å²) in [6.07, 6.45) is 4.93. The minimum atomic E-state index is -1.97. The lowest BCUT2D eigenvalue weighted by Gasteiger charge is -2.34. The third-order valence-corrected chi connectivity index (χ3v) is 4.96. The Balaban J connectivity index is 2.45. The Labute approximate surface area is 172 Å². The summed E-state index contributed by atoms with van der Waals surface area (Å²) in [6.45, 7) is -0.113. The molecule has 152 valence electrons. The number of fused-ring (bicyclic) bond motifs is 2. The van der Waals surface area contributed by atoms with Gasteiger partial charge >= 0.3 is 11.9 Å². The minimum Gasteiger partial charge on any atom is -0.469 e. The molecule has 0 fully saturated rings. The van der Waals surface area contributed by atoms with Crippen molar-refractivity contribution in [3.8, 4) is 18.4 Å². The first-order valence-corrected chi connectivity index (χ1v) is 8.70. The number of benzene rings is 1. The average Bonchev–Trinajstić information content (AvgIpc) is 2.97. The number of nitrogens with zero attached hydrogens (tertiary/aromatic N) is 2. The molecule has 30 heavy (non-hydrogen) atoms. The highest BCUT2D eigenvalue weighted by Gasteiger charge is 2.62. The van der Waals surface area contributed by atoms with E-state index >= 15 is 0 Å². The van der Waals surface area contributed by atoms with Gasteiger partial charge in [0.15, 0.2) is 5.41 Å². The van der Waals surface area contributed by atoms with E-state index in [0.717, 1.165) is 14.2 Å². The first-order chi connectivity index (χ1) is 14.4. The molecule has 1 amide bonds. The summed E-state index contributed by atoms with van der Waals surface area (Å²) in [7, 11) is 2.26. The Kier molecular flexibility index (Phi) is 5.22. The largest absolute Gasteiger partial charge is 0.469 e. The van der Waals surface area contributed by atoms with Crippen LogP contribution in [0.15, 0.2) is 47.1 Å². The number of methoxy groups -OCH3 is 2. The van der Waals surface area contributed by atoms with Crippen LogP contribution in [-0.4, -0.2) is 38.6 Å². The molecule has 2 aliphatic heterocycles. The van der Waals surface area contributed by atoms with Crippen molar-refractivity contribution in [1.29, 1.82) is 5.26 Å². The number of hydrogen-bond acceptors (Lipinski definition) is 8. The summed E-state index contributed by atoms with van der Waals surface area (Å²) >= 11 is 0. The Morgan fingerprint density at radius 3 is 2.60 bits per heavy atom. The van der Waals surface area contributed by atoms with Gasteiger partial charge in [-0.05, 0) is 6.07 Å². The molecular formula is C21H17N3O6. The lowest BCUT2D eigenvalue weighted by Crippen LogP contribution is -2.48. The molecule has 0 saturated carbocycles. The zero-order valence-corrected chi connectivity index (χ0v) is 16.2. The van der Waals surface area contributed by atoms with Crippen LogP contribution in [0.2, 0.25) is 0 Å². The molecule has 2 N–H and O–H groups in total. The topological polar surface area (TPSA) is 132 Å². The van der Waals surface area contributed by atoms with Crippen molar-refractivity contribution in [1.82, 2.24) is 0 Å². The first kappa shape index (κ1) is 20.5. The lowest BCUT2D eigenvalue weighted by atomic mass is 9.68. The summed E-state index contributed by atoms with van der Waals surface area (Å²) in [5.41, 5.74) is 4.10. The van der Waals surface area contributed by atoms with Crippen molar-refractivity contribution in [2.24, 2.45) is 5.73 Å². The number of nitrogens with two attached hydrogens (primary N) is 1. The monoisotopic (exact) mass is 407 g/mol. The third-order valence-electron chi connectivity index (χ3n) is 4.96. The van der Waals surface area contributed by atoms with Crippen LogP contribution < -0.4 is 10.6 Å². The number of ether oxygens (including phenoxy) is 3. The van der Waals surface area contributed by atoms with Crippen LogP contribution in [-0.2, 0) is 34.0 Å². The van der Waals surface area contributed by atoms with E-state index in [2.05, 4.69) is 10.7 Å². The van der Waals surface area contributed by atoms with Gasteiger partial charge in [0.25, 0.3) is 0 Å². The number of nitriles is 1. The number of terminal acetylenes is 1. The van der Waals surface area contributed by atoms with Gasteiger partial charge in [0, 0.05) is 11.3 Å². The maximum absolute atomic E-state index is 13.8. The van der Waals surface area contributed by atoms with Gasteiger partial charge in [-0.3, -0.25) is 14.5 Å². The van der Waals surface area contributed by atoms with E-state index in [1.807, 2.05) is 6.07 Å². The number of carbonyl (C=O) groups excluding carboxylic acids is 3. The zero-order chi connectivity index (χ0) is 22.1. The Morgan fingerprint density at radius 2 is 2.00 bits per heavy atom. The summed E-state index contributed by atoms with van der Waals surface area (Å²) in [5, 5.41) is 9.89. The van der Waals surface area contributed by atoms with Gasteiger partial charge in [0.1, 0.15) is 29.4 Å². The summed E-state index contributed by atoms with van der Waals surface area (Å²) < 4.78 is 15.0. The number of esters is 2. The smallest absolute Gasteiger partial charge is 0.339 e. The molecule has 1 spiro atoms. The average molecular weight is 407 g/mol. The quantitative estimate of drug-likeness (QED) is 0.567. The van der Waals surface area contributed by atoms with Crippen molar-refractivity contribution < 1.29 is 28.6 Å². The first-order valence-electron chi connectivity index (χ1n) is 8.70. The fourth-order valence-electron chi connectivity index (χ4n) is 3.77. The van der Waals surface area contributed by atoms with Crippen molar-refractivity contribution in [3.05, 3.63) is 52.6 Å². The van der Waals surface area contributed by atoms with E-state index in [1.165, 1.54) is 4.90 Å². The molecule has 0 unspecified atom stereocenters. The van der Waals surface area contributed by atoms with Crippen LogP contribution in [0.1, 0.15) is 12.0 Å². The fourth-order valence-corrected chi connectivity index (χ4v) is 3.77. The highest BCUT2D eigenvalue weighted by molar-refractivity contribution is 6.19. The molecule has 0 bridgehead atoms. The van der Waals surface area contributed by atoms with Gasteiger partial charge in [-0.25, -0.2) is 4.79 Å². The molecule has 0 aromatic heterocycles. The molecule has 2 aliphatic rings. The molecule has 1 aromatic rings. The third kappa shape index (κ3) is 2.68. The summed E-state index contributed by atoms with van der Waals surface area (Å²) in [6, 6.07) is 8.43. The summed E-state index contributed by atoms with van der Waals surface area (Å²) in [5.74, 6) is -0.627. The molecule has 0 saturated heterocycles. The molecule has 3 rings (SSSR count). The van der Waals surface area contributed by atoms with E-state index in [1.54, 1.807) is 24.3 Å². The molecule has 2 heterocycles. The van der Waals surface area contributed by atoms with Gasteiger partial charge < -0.3 is 19.9 Å². The molecular weight excluding hydrogens is 390 g/mol. The maximum atomic E-state index is 13.8. The molecule has 1 aromatic carbocycles. The predicted molar refractivity (Wildman–Crippen MR) is 103 cm³/mol. The van der Waals surface area contributed by atoms with E-state index in [0.29, 0.717) is 11.3 Å². The lowest BCUT2D eigenvalue weighted by molar-refractivity contribution is -0.141. The SMILES string of the molecule is C#CCN1C(=O)[C@]2(C(C#N)=C(N)OC(CC(=O)OC)=C2C(=O)OC)c2ccccc21. The number of anilines is 1. The summed E-state index contributed by atoms with van der Waals surface area (Å²) in [4.78, 5) is 39.9. The molecule has 9 nitrogen and oxygen atoms in total. The Bertz CT molecular complexity index is 1100. The van der Waals surface area contributed by atoms with Gasteiger partial charge in [0.2, 0.25) is 11.8 Å². The second kappa shape index (κ2) is 7.64. The van der Waals surface area contributed by atoms with Crippen molar-refractivity contribution in [2.45, 2.75) is 11.8 Å². The number of hydrogen-bond donors (Lipinski definition) is 1. The van der Waals surface area contributed by atoms with Crippen LogP contribution in [0, 0.1) is 23.7 Å². The van der Waals surface area contributed by atoms with E-state index in [4.69, 9.17) is 21.6 Å². The molecule has 9 heteroatoms. The highest BCUT2D eigenvalue weighted by atomic mass is 16.5. The van der Waals surface area contributed by atoms with Crippen LogP contribution in [0.4, 0.5) is 5.69 Å². The van der Waals surface area contributed by atoms with Crippen LogP contribution in [0.5, 0.6) is 0 Å². The Morgan fingerprint density at radius 1 is 1.30 bits per heavy atom. The van der Waals surface area contributed by atoms with Crippen LogP contribution >= 0.6 is 0 Å². The van der Waals surface area contributed by atoms with Gasteiger partial charge in [-0.15, -0.1) is 6.42 Å². The maximum Gasteiger partial charge on any atom is 0.339 e. The number of rotatable bonds is 4. The van der Waals surface area contributed by atoms with E-state index < -0.39 is 35.6 Å². The highest BCUT2D eigenvalue weighted by Crippen LogP contribution is 2.54. The van der Waals surface area contributed by atoms with Crippen LogP contribution in [0.3, 0.4) is 0 Å². The fraction of sp³-hybridized carbons (Fsp3) is 0.238. The van der Waals surface area contributed by atoms with Crippen LogP contribution in [0.25, 0.3) is 0 Å².